The molecule has 0 aliphatic rings. The Bertz CT molecular complexity index is 908. The molecule has 3 aromatic carbocycles. The quantitative estimate of drug-likeness (QED) is 0.483. The highest BCUT2D eigenvalue weighted by Gasteiger charge is 2.16. The van der Waals surface area contributed by atoms with Crippen molar-refractivity contribution in [3.63, 3.8) is 0 Å². The second kappa shape index (κ2) is 9.89. The van der Waals surface area contributed by atoms with Gasteiger partial charge < -0.3 is 14.7 Å². The number of hydrogen-bond donors (Lipinski definition) is 1. The number of nitrogens with zero attached hydrogens (tertiary/aromatic N) is 1. The molecule has 0 heterocycles. The summed E-state index contributed by atoms with van der Waals surface area (Å²) in [6.45, 7) is 1.35. The number of benzene rings is 3. The van der Waals surface area contributed by atoms with E-state index < -0.39 is 12.3 Å². The summed E-state index contributed by atoms with van der Waals surface area (Å²) >= 11 is 0. The van der Waals surface area contributed by atoms with Crippen LogP contribution in [0.3, 0.4) is 0 Å². The number of aliphatic hydroxyl groups is 1. The van der Waals surface area contributed by atoms with Gasteiger partial charge >= 0.3 is 0 Å². The van der Waals surface area contributed by atoms with Crippen molar-refractivity contribution in [3.8, 4) is 5.75 Å². The molecule has 3 nitrogen and oxygen atoms in total. The molecule has 0 aromatic heterocycles. The third-order valence-electron chi connectivity index (χ3n) is 4.76. The fraction of sp³-hybridized carbons (Fsp3) is 0.200. The first-order valence-corrected chi connectivity index (χ1v) is 9.65. The average molecular weight is 391 g/mol. The summed E-state index contributed by atoms with van der Waals surface area (Å²) in [5.74, 6) is -0.110. The molecule has 0 bridgehead atoms. The van der Waals surface area contributed by atoms with E-state index in [0.717, 1.165) is 22.5 Å². The Morgan fingerprint density at radius 2 is 1.38 bits per heavy atom. The zero-order valence-corrected chi connectivity index (χ0v) is 16.7. The van der Waals surface area contributed by atoms with Crippen molar-refractivity contribution in [2.24, 2.45) is 5.92 Å². The molecule has 150 valence electrons. The van der Waals surface area contributed by atoms with Crippen molar-refractivity contribution >= 4 is 23.5 Å². The van der Waals surface area contributed by atoms with Gasteiger partial charge in [-0.05, 0) is 47.5 Å². The summed E-state index contributed by atoms with van der Waals surface area (Å²) in [4.78, 5) is 2.14. The van der Waals surface area contributed by atoms with Crippen LogP contribution in [0.4, 0.5) is 15.8 Å². The fourth-order valence-corrected chi connectivity index (χ4v) is 2.79. The summed E-state index contributed by atoms with van der Waals surface area (Å²) in [5.41, 5.74) is 4.35. The van der Waals surface area contributed by atoms with Crippen molar-refractivity contribution in [2.75, 3.05) is 18.6 Å². The van der Waals surface area contributed by atoms with Crippen LogP contribution in [0.2, 0.25) is 0 Å². The summed E-state index contributed by atoms with van der Waals surface area (Å²) in [6.07, 6.45) is 2.52. The zero-order chi connectivity index (χ0) is 20.6. The van der Waals surface area contributed by atoms with Crippen LogP contribution in [0.1, 0.15) is 18.1 Å². The van der Waals surface area contributed by atoms with E-state index in [0.29, 0.717) is 5.75 Å². The second-order valence-electron chi connectivity index (χ2n) is 7.02. The molecule has 0 radical (unpaired) electrons. The van der Waals surface area contributed by atoms with Crippen LogP contribution in [0.25, 0.3) is 12.2 Å². The lowest BCUT2D eigenvalue weighted by molar-refractivity contribution is -0.00281. The molecule has 0 aliphatic heterocycles. The number of anilines is 2. The summed E-state index contributed by atoms with van der Waals surface area (Å²) in [6, 6.07) is 25.8. The lowest BCUT2D eigenvalue weighted by Crippen LogP contribution is -2.22. The van der Waals surface area contributed by atoms with E-state index in [-0.39, 0.29) is 6.61 Å². The first-order chi connectivity index (χ1) is 14.1. The van der Waals surface area contributed by atoms with Gasteiger partial charge in [-0.25, -0.2) is 4.39 Å². The first-order valence-electron chi connectivity index (χ1n) is 9.65. The van der Waals surface area contributed by atoms with Crippen molar-refractivity contribution in [2.45, 2.75) is 13.3 Å². The number of para-hydroxylation sites is 1. The Morgan fingerprint density at radius 3 is 1.93 bits per heavy atom. The molecule has 0 amide bonds. The van der Waals surface area contributed by atoms with E-state index in [9.17, 15) is 4.39 Å². The van der Waals surface area contributed by atoms with Crippen LogP contribution in [0.15, 0.2) is 78.9 Å². The fourth-order valence-electron chi connectivity index (χ4n) is 2.79. The minimum absolute atomic E-state index is 0.248. The number of alkyl halides is 1. The third-order valence-corrected chi connectivity index (χ3v) is 4.76. The predicted octanol–water partition coefficient (Wildman–Crippen LogP) is 5.93. The Hall–Kier alpha value is -3.11. The molecule has 4 heteroatoms. The van der Waals surface area contributed by atoms with Crippen LogP contribution < -0.4 is 9.64 Å². The Balaban J connectivity index is 1.61. The Kier molecular flexibility index (Phi) is 7.04. The molecule has 3 rings (SSSR count). The van der Waals surface area contributed by atoms with Gasteiger partial charge in [0.2, 0.25) is 6.36 Å². The van der Waals surface area contributed by atoms with Crippen LogP contribution >= 0.6 is 0 Å². The largest absolute Gasteiger partial charge is 0.460 e. The second-order valence-corrected chi connectivity index (χ2v) is 7.02. The molecule has 2 atom stereocenters. The molecule has 1 N–H and O–H groups in total. The van der Waals surface area contributed by atoms with Crippen LogP contribution in [0, 0.1) is 5.92 Å². The van der Waals surface area contributed by atoms with E-state index in [1.807, 2.05) is 49.5 Å². The Morgan fingerprint density at radius 1 is 0.862 bits per heavy atom. The average Bonchev–Trinajstić information content (AvgIpc) is 2.78. The van der Waals surface area contributed by atoms with Gasteiger partial charge in [-0.3, -0.25) is 0 Å². The summed E-state index contributed by atoms with van der Waals surface area (Å²) in [5, 5.41) is 8.98. The molecule has 0 saturated heterocycles. The van der Waals surface area contributed by atoms with Gasteiger partial charge in [0.15, 0.2) is 0 Å². The number of ether oxygens (including phenoxy) is 1. The number of halogens is 1. The highest BCUT2D eigenvalue weighted by molar-refractivity contribution is 5.71. The van der Waals surface area contributed by atoms with Gasteiger partial charge in [-0.15, -0.1) is 0 Å². The van der Waals surface area contributed by atoms with Gasteiger partial charge in [-0.1, -0.05) is 61.5 Å². The highest BCUT2D eigenvalue weighted by Crippen LogP contribution is 2.24. The predicted molar refractivity (Wildman–Crippen MR) is 118 cm³/mol. The van der Waals surface area contributed by atoms with E-state index in [1.165, 1.54) is 0 Å². The van der Waals surface area contributed by atoms with Crippen LogP contribution in [0.5, 0.6) is 5.75 Å². The maximum Gasteiger partial charge on any atom is 0.243 e. The minimum Gasteiger partial charge on any atom is -0.460 e. The standard InChI is InChI=1S/C25H26FNO2/c1-19(18-28)25(26)29-24-16-12-21(13-17-24)9-8-20-10-14-23(15-11-20)27(2)22-6-4-3-5-7-22/h3-17,19,25,28H,18H2,1-2H3. The third kappa shape index (κ3) is 5.69. The Labute approximate surface area is 171 Å². The zero-order valence-electron chi connectivity index (χ0n) is 16.7. The van der Waals surface area contributed by atoms with Crippen LogP contribution in [-0.2, 0) is 0 Å². The number of aliphatic hydroxyl groups excluding tert-OH is 1. The van der Waals surface area contributed by atoms with Gasteiger partial charge in [0.1, 0.15) is 5.75 Å². The monoisotopic (exact) mass is 391 g/mol. The highest BCUT2D eigenvalue weighted by atomic mass is 19.1. The lowest BCUT2D eigenvalue weighted by atomic mass is 10.1. The summed E-state index contributed by atoms with van der Waals surface area (Å²) in [7, 11) is 2.05. The summed E-state index contributed by atoms with van der Waals surface area (Å²) < 4.78 is 19.0. The van der Waals surface area contributed by atoms with Crippen molar-refractivity contribution in [3.05, 3.63) is 90.0 Å². The van der Waals surface area contributed by atoms with Gasteiger partial charge in [-0.2, -0.15) is 0 Å². The molecule has 0 spiro atoms. The van der Waals surface area contributed by atoms with E-state index in [2.05, 4.69) is 41.3 Å². The first kappa shape index (κ1) is 20.6. The lowest BCUT2D eigenvalue weighted by Gasteiger charge is -2.19. The molecule has 3 aromatic rings. The topological polar surface area (TPSA) is 32.7 Å². The SMILES string of the molecule is CC(CO)C(F)Oc1ccc(C=Cc2ccc(N(C)c3ccccc3)cc2)cc1. The molecule has 0 fully saturated rings. The molecule has 0 aliphatic carbocycles. The van der Waals surface area contributed by atoms with Crippen molar-refractivity contribution in [1.82, 2.24) is 0 Å². The van der Waals surface area contributed by atoms with E-state index in [1.54, 1.807) is 19.1 Å². The minimum atomic E-state index is -1.52. The smallest absolute Gasteiger partial charge is 0.243 e. The molecular formula is C25H26FNO2. The molecule has 0 saturated carbocycles. The van der Waals surface area contributed by atoms with Gasteiger partial charge in [0, 0.05) is 24.3 Å². The van der Waals surface area contributed by atoms with E-state index >= 15 is 0 Å². The van der Waals surface area contributed by atoms with Crippen molar-refractivity contribution in [1.29, 1.82) is 0 Å². The molecule has 29 heavy (non-hydrogen) atoms. The number of rotatable bonds is 8. The van der Waals surface area contributed by atoms with Gasteiger partial charge in [0.25, 0.3) is 0 Å². The number of hydrogen-bond acceptors (Lipinski definition) is 3. The van der Waals surface area contributed by atoms with Crippen LogP contribution in [-0.4, -0.2) is 25.1 Å². The molecular weight excluding hydrogens is 365 g/mol. The van der Waals surface area contributed by atoms with Gasteiger partial charge in [0.05, 0.1) is 6.61 Å². The van der Waals surface area contributed by atoms with Crippen molar-refractivity contribution < 1.29 is 14.2 Å². The maximum absolute atomic E-state index is 13.8. The maximum atomic E-state index is 13.8. The van der Waals surface area contributed by atoms with E-state index in [4.69, 9.17) is 9.84 Å². The normalized spacial score (nSPS) is 13.2. The molecule has 2 unspecified atom stereocenters.